The minimum Gasteiger partial charge on any atom is -0.493 e. The Morgan fingerprint density at radius 2 is 1.71 bits per heavy atom. The van der Waals surface area contributed by atoms with Crippen LogP contribution in [0.25, 0.3) is 0 Å². The van der Waals surface area contributed by atoms with E-state index in [9.17, 15) is 9.59 Å². The van der Waals surface area contributed by atoms with Gasteiger partial charge in [-0.2, -0.15) is 0 Å². The van der Waals surface area contributed by atoms with E-state index in [0.717, 1.165) is 12.8 Å². The number of unbranched alkanes of at least 4 members (excludes halogenated alkanes) is 1. The number of halogens is 2. The van der Waals surface area contributed by atoms with E-state index in [1.165, 1.54) is 0 Å². The third-order valence-electron chi connectivity index (χ3n) is 5.52. The van der Waals surface area contributed by atoms with Crippen molar-refractivity contribution in [2.24, 2.45) is 5.92 Å². The molecule has 0 atom stereocenters. The summed E-state index contributed by atoms with van der Waals surface area (Å²) < 4.78 is 11.2. The first kappa shape index (κ1) is 23.4. The molecule has 5 nitrogen and oxygen atoms in total. The summed E-state index contributed by atoms with van der Waals surface area (Å²) in [5.41, 5.74) is 1.11. The lowest BCUT2D eigenvalue weighted by Gasteiger charge is -2.31. The van der Waals surface area contributed by atoms with Crippen molar-refractivity contribution in [3.8, 4) is 11.5 Å². The Kier molecular flexibility index (Phi) is 8.22. The number of piperidine rings is 1. The fraction of sp³-hybridized carbons (Fsp3) is 0.417. The number of ketones is 1. The topological polar surface area (TPSA) is 55.8 Å². The first-order valence-corrected chi connectivity index (χ1v) is 11.3. The molecule has 0 unspecified atom stereocenters. The third kappa shape index (κ3) is 5.72. The van der Waals surface area contributed by atoms with Gasteiger partial charge in [-0.15, -0.1) is 0 Å². The van der Waals surface area contributed by atoms with Crippen LogP contribution in [0.3, 0.4) is 0 Å². The lowest BCUT2D eigenvalue weighted by molar-refractivity contribution is 0.0650. The Bertz CT molecular complexity index is 939. The number of benzene rings is 2. The van der Waals surface area contributed by atoms with Crippen LogP contribution in [-0.4, -0.2) is 43.4 Å². The van der Waals surface area contributed by atoms with Crippen LogP contribution in [0.5, 0.6) is 11.5 Å². The molecule has 3 rings (SSSR count). The fourth-order valence-corrected chi connectivity index (χ4v) is 3.96. The Hall–Kier alpha value is -2.24. The van der Waals surface area contributed by atoms with Crippen molar-refractivity contribution in [2.75, 3.05) is 26.8 Å². The van der Waals surface area contributed by atoms with E-state index < -0.39 is 0 Å². The molecule has 2 aromatic carbocycles. The van der Waals surface area contributed by atoms with Crippen molar-refractivity contribution in [1.29, 1.82) is 0 Å². The highest BCUT2D eigenvalue weighted by Crippen LogP contribution is 2.30. The SMILES string of the molecule is CCCCOc1ccc(C(=O)N2CCC(C(=O)c3ccc(Cl)c(Cl)c3)CC2)cc1OC. The zero-order valence-electron chi connectivity index (χ0n) is 17.8. The summed E-state index contributed by atoms with van der Waals surface area (Å²) >= 11 is 12.0. The third-order valence-corrected chi connectivity index (χ3v) is 6.26. The van der Waals surface area contributed by atoms with Crippen molar-refractivity contribution in [3.05, 3.63) is 57.6 Å². The van der Waals surface area contributed by atoms with Gasteiger partial charge in [-0.25, -0.2) is 0 Å². The van der Waals surface area contributed by atoms with Gasteiger partial charge in [0.1, 0.15) is 0 Å². The van der Waals surface area contributed by atoms with Gasteiger partial charge in [0.15, 0.2) is 17.3 Å². The van der Waals surface area contributed by atoms with Crippen LogP contribution < -0.4 is 9.47 Å². The number of likely N-dealkylation sites (tertiary alicyclic amines) is 1. The number of methoxy groups -OCH3 is 1. The second kappa shape index (κ2) is 10.9. The lowest BCUT2D eigenvalue weighted by Crippen LogP contribution is -2.40. The van der Waals surface area contributed by atoms with Crippen LogP contribution in [0.4, 0.5) is 0 Å². The zero-order chi connectivity index (χ0) is 22.4. The molecule has 1 aliphatic heterocycles. The second-order valence-electron chi connectivity index (χ2n) is 7.63. The molecule has 1 amide bonds. The summed E-state index contributed by atoms with van der Waals surface area (Å²) in [7, 11) is 1.57. The van der Waals surface area contributed by atoms with Crippen LogP contribution in [-0.2, 0) is 0 Å². The summed E-state index contributed by atoms with van der Waals surface area (Å²) in [6.45, 7) is 3.76. The number of nitrogens with zero attached hydrogens (tertiary/aromatic N) is 1. The first-order chi connectivity index (χ1) is 14.9. The average molecular weight is 464 g/mol. The van der Waals surface area contributed by atoms with Crippen LogP contribution in [0.1, 0.15) is 53.3 Å². The maximum absolute atomic E-state index is 13.0. The van der Waals surface area contributed by atoms with Crippen molar-refractivity contribution >= 4 is 34.9 Å². The Morgan fingerprint density at radius 3 is 2.35 bits per heavy atom. The standard InChI is InChI=1S/C24H27Cl2NO4/c1-3-4-13-31-21-8-6-18(15-22(21)30-2)24(29)27-11-9-16(10-12-27)23(28)17-5-7-19(25)20(26)14-17/h5-8,14-16H,3-4,9-13H2,1-2H3. The minimum absolute atomic E-state index is 0.0425. The largest absolute Gasteiger partial charge is 0.493 e. The summed E-state index contributed by atoms with van der Waals surface area (Å²) in [6.07, 6.45) is 3.22. The molecule has 0 saturated carbocycles. The van der Waals surface area contributed by atoms with E-state index in [1.54, 1.807) is 48.4 Å². The van der Waals surface area contributed by atoms with Crippen molar-refractivity contribution in [2.45, 2.75) is 32.6 Å². The molecule has 2 aromatic rings. The maximum Gasteiger partial charge on any atom is 0.253 e. The molecule has 0 aromatic heterocycles. The molecule has 1 fully saturated rings. The van der Waals surface area contributed by atoms with Crippen LogP contribution in [0.2, 0.25) is 10.0 Å². The minimum atomic E-state index is -0.134. The average Bonchev–Trinajstić information content (AvgIpc) is 2.80. The molecular formula is C24H27Cl2NO4. The highest BCUT2D eigenvalue weighted by Gasteiger charge is 2.29. The summed E-state index contributed by atoms with van der Waals surface area (Å²) in [4.78, 5) is 27.6. The highest BCUT2D eigenvalue weighted by atomic mass is 35.5. The monoisotopic (exact) mass is 463 g/mol. The summed E-state index contributed by atoms with van der Waals surface area (Å²) in [5, 5.41) is 0.798. The van der Waals surface area contributed by atoms with E-state index in [0.29, 0.717) is 65.2 Å². The number of amides is 1. The Balaban J connectivity index is 1.61. The van der Waals surface area contributed by atoms with Gasteiger partial charge in [0.05, 0.1) is 23.8 Å². The normalized spacial score (nSPS) is 14.4. The molecule has 0 aliphatic carbocycles. The molecule has 1 aliphatic rings. The molecule has 0 bridgehead atoms. The quantitative estimate of drug-likeness (QED) is 0.360. The van der Waals surface area contributed by atoms with Crippen molar-refractivity contribution < 1.29 is 19.1 Å². The number of ether oxygens (including phenoxy) is 2. The number of carbonyl (C=O) groups is 2. The molecule has 31 heavy (non-hydrogen) atoms. The summed E-state index contributed by atoms with van der Waals surface area (Å²) in [6, 6.07) is 10.2. The zero-order valence-corrected chi connectivity index (χ0v) is 19.3. The van der Waals surface area contributed by atoms with E-state index in [1.807, 2.05) is 0 Å². The van der Waals surface area contributed by atoms with Crippen molar-refractivity contribution in [3.63, 3.8) is 0 Å². The van der Waals surface area contributed by atoms with Gasteiger partial charge in [-0.05, 0) is 55.7 Å². The number of hydrogen-bond acceptors (Lipinski definition) is 4. The van der Waals surface area contributed by atoms with Crippen LogP contribution in [0, 0.1) is 5.92 Å². The molecule has 0 N–H and O–H groups in total. The van der Waals surface area contributed by atoms with Gasteiger partial charge in [0.2, 0.25) is 0 Å². The van der Waals surface area contributed by atoms with E-state index in [4.69, 9.17) is 32.7 Å². The molecule has 1 saturated heterocycles. The first-order valence-electron chi connectivity index (χ1n) is 10.5. The highest BCUT2D eigenvalue weighted by molar-refractivity contribution is 6.42. The maximum atomic E-state index is 13.0. The smallest absolute Gasteiger partial charge is 0.253 e. The Labute approximate surface area is 193 Å². The number of carbonyl (C=O) groups excluding carboxylic acids is 2. The molecule has 0 radical (unpaired) electrons. The lowest BCUT2D eigenvalue weighted by atomic mass is 9.88. The Morgan fingerprint density at radius 1 is 1.00 bits per heavy atom. The fourth-order valence-electron chi connectivity index (χ4n) is 3.66. The molecule has 0 spiro atoms. The van der Waals surface area contributed by atoms with Gasteiger partial charge in [-0.3, -0.25) is 9.59 Å². The predicted octanol–water partition coefficient (Wildman–Crippen LogP) is 5.92. The van der Waals surface area contributed by atoms with E-state index in [-0.39, 0.29) is 17.6 Å². The van der Waals surface area contributed by atoms with Gasteiger partial charge < -0.3 is 14.4 Å². The van der Waals surface area contributed by atoms with Gasteiger partial charge in [-0.1, -0.05) is 36.5 Å². The number of Topliss-reactive ketones (excluding diaryl/α,β-unsaturated/α-hetero) is 1. The van der Waals surface area contributed by atoms with Crippen LogP contribution in [0.15, 0.2) is 36.4 Å². The second-order valence-corrected chi connectivity index (χ2v) is 8.44. The molecular weight excluding hydrogens is 437 g/mol. The molecule has 166 valence electrons. The van der Waals surface area contributed by atoms with Crippen LogP contribution >= 0.6 is 23.2 Å². The van der Waals surface area contributed by atoms with Gasteiger partial charge >= 0.3 is 0 Å². The summed E-state index contributed by atoms with van der Waals surface area (Å²) in [5.74, 6) is 1.02. The number of hydrogen-bond donors (Lipinski definition) is 0. The predicted molar refractivity (Wildman–Crippen MR) is 123 cm³/mol. The van der Waals surface area contributed by atoms with Gasteiger partial charge in [0, 0.05) is 30.1 Å². The van der Waals surface area contributed by atoms with Gasteiger partial charge in [0.25, 0.3) is 5.91 Å². The molecule has 7 heteroatoms. The van der Waals surface area contributed by atoms with E-state index in [2.05, 4.69) is 6.92 Å². The molecule has 1 heterocycles. The van der Waals surface area contributed by atoms with Crippen molar-refractivity contribution in [1.82, 2.24) is 4.90 Å². The number of rotatable bonds is 8. The van der Waals surface area contributed by atoms with E-state index >= 15 is 0 Å².